The van der Waals surface area contributed by atoms with Gasteiger partial charge in [0.1, 0.15) is 19.5 Å². The topological polar surface area (TPSA) is 38.3 Å². The molecule has 0 aliphatic rings. The summed E-state index contributed by atoms with van der Waals surface area (Å²) in [5, 5.41) is 2.15. The van der Waals surface area contributed by atoms with Gasteiger partial charge in [-0.3, -0.25) is 4.79 Å². The highest BCUT2D eigenvalue weighted by Gasteiger charge is 2.09. The predicted octanol–water partition coefficient (Wildman–Crippen LogP) is 1.25. The second-order valence-corrected chi connectivity index (χ2v) is 3.10. The molecule has 0 unspecified atom stereocenters. The van der Waals surface area contributed by atoms with Gasteiger partial charge in [-0.25, -0.2) is 8.78 Å². The van der Waals surface area contributed by atoms with Gasteiger partial charge in [0, 0.05) is 12.1 Å². The first-order valence-corrected chi connectivity index (χ1v) is 4.88. The zero-order valence-electron chi connectivity index (χ0n) is 9.17. The molecule has 6 heteroatoms. The molecule has 1 N–H and O–H groups in total. The van der Waals surface area contributed by atoms with Crippen LogP contribution >= 0.6 is 0 Å². The maximum absolute atomic E-state index is 13.4. The van der Waals surface area contributed by atoms with Crippen LogP contribution in [-0.2, 0) is 9.53 Å². The summed E-state index contributed by atoms with van der Waals surface area (Å²) in [6.45, 7) is 2.15. The minimum absolute atomic E-state index is 0.311. The molecule has 0 aliphatic heterocycles. The van der Waals surface area contributed by atoms with Crippen LogP contribution in [0.5, 0.6) is 0 Å². The number of carbonyl (C=O) groups is 1. The van der Waals surface area contributed by atoms with Gasteiger partial charge in [0.15, 0.2) is 0 Å². The van der Waals surface area contributed by atoms with E-state index >= 15 is 0 Å². The lowest BCUT2D eigenvalue weighted by molar-refractivity contribution is -0.112. The second kappa shape index (κ2) is 6.03. The highest BCUT2D eigenvalue weighted by atomic mass is 19.1. The summed E-state index contributed by atoms with van der Waals surface area (Å²) in [7, 11) is 5.21. The molecule has 0 heterocycles. The van der Waals surface area contributed by atoms with Crippen LogP contribution in [0.15, 0.2) is 24.5 Å². The van der Waals surface area contributed by atoms with Crippen molar-refractivity contribution in [1.82, 2.24) is 0 Å². The molecule has 0 saturated carbocycles. The third kappa shape index (κ3) is 3.90. The van der Waals surface area contributed by atoms with Gasteiger partial charge in [-0.15, -0.1) is 0 Å². The van der Waals surface area contributed by atoms with E-state index in [1.54, 1.807) is 6.92 Å². The van der Waals surface area contributed by atoms with E-state index in [4.69, 9.17) is 12.6 Å². The molecule has 17 heavy (non-hydrogen) atoms. The van der Waals surface area contributed by atoms with Crippen molar-refractivity contribution in [2.24, 2.45) is 0 Å². The Morgan fingerprint density at radius 2 is 2.24 bits per heavy atom. The third-order valence-electron chi connectivity index (χ3n) is 1.81. The molecule has 1 rings (SSSR count). The second-order valence-electron chi connectivity index (χ2n) is 3.10. The van der Waals surface area contributed by atoms with Crippen molar-refractivity contribution >= 4 is 24.9 Å². The normalized spacial score (nSPS) is 10.5. The minimum Gasteiger partial charge on any atom is -0.501 e. The molecule has 1 amide bonds. The van der Waals surface area contributed by atoms with Gasteiger partial charge in [-0.1, -0.05) is 5.46 Å². The van der Waals surface area contributed by atoms with E-state index < -0.39 is 17.5 Å². The van der Waals surface area contributed by atoms with Crippen molar-refractivity contribution in [2.75, 3.05) is 11.9 Å². The first-order valence-electron chi connectivity index (χ1n) is 4.88. The molecule has 0 aliphatic carbocycles. The molecule has 1 aromatic rings. The molecule has 0 aromatic heterocycles. The lowest BCUT2D eigenvalue weighted by Crippen LogP contribution is -2.16. The molecule has 0 atom stereocenters. The average molecular weight is 237 g/mol. The quantitative estimate of drug-likeness (QED) is 0.486. The Hall–Kier alpha value is -1.85. The standard InChI is InChI=1S/C11H10BF2NO2/c1-2-17-4-3-10(16)15-9-6-7(13)5-8(12)11(9)14/h3-6H,2H2,1H3,(H,15,16)/b4-3+. The number of nitrogens with one attached hydrogen (secondary N) is 1. The van der Waals surface area contributed by atoms with Gasteiger partial charge in [-0.2, -0.15) is 0 Å². The minimum atomic E-state index is -0.871. The van der Waals surface area contributed by atoms with E-state index in [9.17, 15) is 13.6 Å². The van der Waals surface area contributed by atoms with Gasteiger partial charge in [0.2, 0.25) is 0 Å². The van der Waals surface area contributed by atoms with E-state index in [1.165, 1.54) is 0 Å². The molecule has 0 bridgehead atoms. The van der Waals surface area contributed by atoms with Crippen LogP contribution in [0.2, 0.25) is 0 Å². The smallest absolute Gasteiger partial charge is 0.251 e. The molecule has 0 spiro atoms. The number of rotatable bonds is 4. The fourth-order valence-corrected chi connectivity index (χ4v) is 1.08. The van der Waals surface area contributed by atoms with Crippen molar-refractivity contribution in [2.45, 2.75) is 6.92 Å². The summed E-state index contributed by atoms with van der Waals surface area (Å²) in [5.41, 5.74) is -0.678. The number of ether oxygens (including phenoxy) is 1. The lowest BCUT2D eigenvalue weighted by atomic mass is 9.95. The summed E-state index contributed by atoms with van der Waals surface area (Å²) in [4.78, 5) is 11.3. The summed E-state index contributed by atoms with van der Waals surface area (Å²) in [6.07, 6.45) is 2.22. The van der Waals surface area contributed by atoms with Crippen molar-refractivity contribution in [1.29, 1.82) is 0 Å². The first kappa shape index (κ1) is 13.2. The Morgan fingerprint density at radius 3 is 2.88 bits per heavy atom. The van der Waals surface area contributed by atoms with E-state index in [1.807, 2.05) is 0 Å². The molecule has 1 aromatic carbocycles. The van der Waals surface area contributed by atoms with Gasteiger partial charge in [-0.05, 0) is 13.0 Å². The van der Waals surface area contributed by atoms with Crippen LogP contribution in [0.4, 0.5) is 14.5 Å². The zero-order chi connectivity index (χ0) is 12.8. The Balaban J connectivity index is 2.78. The van der Waals surface area contributed by atoms with E-state index in [0.717, 1.165) is 24.5 Å². The number of benzene rings is 1. The van der Waals surface area contributed by atoms with Gasteiger partial charge in [0.25, 0.3) is 5.91 Å². The van der Waals surface area contributed by atoms with Crippen LogP contribution < -0.4 is 10.8 Å². The highest BCUT2D eigenvalue weighted by Crippen LogP contribution is 2.13. The summed E-state index contributed by atoms with van der Waals surface area (Å²) >= 11 is 0. The maximum Gasteiger partial charge on any atom is 0.251 e. The van der Waals surface area contributed by atoms with Crippen LogP contribution in [-0.4, -0.2) is 20.4 Å². The first-order chi connectivity index (χ1) is 8.04. The SMILES string of the molecule is [B]c1cc(F)cc(NC(=O)/C=C/OCC)c1F. The average Bonchev–Trinajstić information content (AvgIpc) is 2.25. The fourth-order valence-electron chi connectivity index (χ4n) is 1.08. The number of hydrogen-bond donors (Lipinski definition) is 1. The summed E-state index contributed by atoms with van der Waals surface area (Å²) in [5.74, 6) is -2.24. The molecule has 0 fully saturated rings. The van der Waals surface area contributed by atoms with Crippen molar-refractivity contribution < 1.29 is 18.3 Å². The highest BCUT2D eigenvalue weighted by molar-refractivity contribution is 6.32. The summed E-state index contributed by atoms with van der Waals surface area (Å²) < 4.78 is 31.1. The molecule has 2 radical (unpaired) electrons. The van der Waals surface area contributed by atoms with Crippen molar-refractivity contribution in [3.05, 3.63) is 36.1 Å². The van der Waals surface area contributed by atoms with E-state index in [2.05, 4.69) is 5.32 Å². The lowest BCUT2D eigenvalue weighted by Gasteiger charge is -2.06. The van der Waals surface area contributed by atoms with Gasteiger partial charge >= 0.3 is 0 Å². The Bertz CT molecular complexity index is 449. The maximum atomic E-state index is 13.4. The Kier molecular flexibility index (Phi) is 4.69. The molecular weight excluding hydrogens is 227 g/mol. The third-order valence-corrected chi connectivity index (χ3v) is 1.81. The van der Waals surface area contributed by atoms with Crippen LogP contribution in [0.3, 0.4) is 0 Å². The van der Waals surface area contributed by atoms with Gasteiger partial charge in [0.05, 0.1) is 18.6 Å². The van der Waals surface area contributed by atoms with Gasteiger partial charge < -0.3 is 10.1 Å². The van der Waals surface area contributed by atoms with Crippen LogP contribution in [0.25, 0.3) is 0 Å². The molecule has 88 valence electrons. The monoisotopic (exact) mass is 237 g/mol. The van der Waals surface area contributed by atoms with Crippen LogP contribution in [0.1, 0.15) is 6.92 Å². The Morgan fingerprint density at radius 1 is 1.53 bits per heavy atom. The molecular formula is C11H10BF2NO2. The van der Waals surface area contributed by atoms with Crippen molar-refractivity contribution in [3.8, 4) is 0 Å². The number of halogens is 2. The molecule has 3 nitrogen and oxygen atoms in total. The summed E-state index contributed by atoms with van der Waals surface area (Å²) in [6, 6.07) is 1.68. The predicted molar refractivity (Wildman–Crippen MR) is 61.1 cm³/mol. The van der Waals surface area contributed by atoms with Crippen molar-refractivity contribution in [3.63, 3.8) is 0 Å². The molecule has 0 saturated heterocycles. The number of hydrogen-bond acceptors (Lipinski definition) is 2. The largest absolute Gasteiger partial charge is 0.501 e. The van der Waals surface area contributed by atoms with E-state index in [0.29, 0.717) is 6.61 Å². The zero-order valence-corrected chi connectivity index (χ0v) is 9.17. The number of carbonyl (C=O) groups excluding carboxylic acids is 1. The van der Waals surface area contributed by atoms with Crippen LogP contribution in [0, 0.1) is 11.6 Å². The van der Waals surface area contributed by atoms with E-state index in [-0.39, 0.29) is 11.2 Å². The number of amides is 1. The number of anilines is 1. The fraction of sp³-hybridized carbons (Fsp3) is 0.182. The Labute approximate surface area is 98.9 Å².